The molecule has 2 aromatic carbocycles. The highest BCUT2D eigenvalue weighted by atomic mass is 16.3. The second kappa shape index (κ2) is 6.84. The molecule has 0 aliphatic carbocycles. The highest BCUT2D eigenvalue weighted by Crippen LogP contribution is 2.40. The van der Waals surface area contributed by atoms with Crippen molar-refractivity contribution in [2.45, 2.75) is 58.8 Å². The van der Waals surface area contributed by atoms with Crippen LogP contribution < -0.4 is 0 Å². The number of rotatable bonds is 3. The zero-order valence-corrected chi connectivity index (χ0v) is 15.9. The monoisotopic (exact) mass is 322 g/mol. The first kappa shape index (κ1) is 18.3. The van der Waals surface area contributed by atoms with Crippen molar-refractivity contribution in [2.75, 3.05) is 0 Å². The van der Waals surface area contributed by atoms with E-state index in [9.17, 15) is 5.11 Å². The molecule has 0 heterocycles. The smallest absolute Gasteiger partial charge is 0.119 e. The van der Waals surface area contributed by atoms with E-state index in [1.807, 2.05) is 24.3 Å². The fourth-order valence-corrected chi connectivity index (χ4v) is 3.20. The van der Waals surface area contributed by atoms with Gasteiger partial charge in [0.05, 0.1) is 0 Å². The standard InChI is InChI=1S/C23H30O/c1-22(2,3)19-15-16-20(24)18(21(19)23(4,5)6)14-10-13-17-11-8-7-9-12-17/h7-13,15-16,24H,14H2,1-6H3/b13-10+. The van der Waals surface area contributed by atoms with Gasteiger partial charge in [0, 0.05) is 5.56 Å². The molecular formula is C23H30O. The lowest BCUT2D eigenvalue weighted by Crippen LogP contribution is -2.24. The van der Waals surface area contributed by atoms with Gasteiger partial charge < -0.3 is 5.11 Å². The lowest BCUT2D eigenvalue weighted by molar-refractivity contribution is 0.458. The maximum absolute atomic E-state index is 10.5. The van der Waals surface area contributed by atoms with E-state index in [0.717, 1.165) is 12.0 Å². The molecule has 1 nitrogen and oxygen atoms in total. The molecule has 2 rings (SSSR count). The van der Waals surface area contributed by atoms with Gasteiger partial charge in [0.15, 0.2) is 0 Å². The molecule has 1 N–H and O–H groups in total. The zero-order valence-electron chi connectivity index (χ0n) is 15.9. The van der Waals surface area contributed by atoms with E-state index in [1.165, 1.54) is 16.7 Å². The van der Waals surface area contributed by atoms with Crippen molar-refractivity contribution in [1.29, 1.82) is 0 Å². The van der Waals surface area contributed by atoms with Gasteiger partial charge in [-0.1, -0.05) is 90.1 Å². The van der Waals surface area contributed by atoms with E-state index in [-0.39, 0.29) is 10.8 Å². The Hall–Kier alpha value is -2.02. The average molecular weight is 322 g/mol. The average Bonchev–Trinajstić information content (AvgIpc) is 2.47. The molecule has 0 spiro atoms. The van der Waals surface area contributed by atoms with Crippen molar-refractivity contribution in [3.05, 3.63) is 70.8 Å². The van der Waals surface area contributed by atoms with Gasteiger partial charge >= 0.3 is 0 Å². The minimum Gasteiger partial charge on any atom is -0.508 e. The van der Waals surface area contributed by atoms with Crippen molar-refractivity contribution in [1.82, 2.24) is 0 Å². The molecule has 0 atom stereocenters. The van der Waals surface area contributed by atoms with Crippen LogP contribution in [0.3, 0.4) is 0 Å². The molecule has 24 heavy (non-hydrogen) atoms. The summed E-state index contributed by atoms with van der Waals surface area (Å²) in [7, 11) is 0. The van der Waals surface area contributed by atoms with Crippen LogP contribution in [0, 0.1) is 0 Å². The Balaban J connectivity index is 2.47. The molecule has 0 fully saturated rings. The van der Waals surface area contributed by atoms with Crippen molar-refractivity contribution >= 4 is 6.08 Å². The summed E-state index contributed by atoms with van der Waals surface area (Å²) >= 11 is 0. The lowest BCUT2D eigenvalue weighted by Gasteiger charge is -2.32. The number of hydrogen-bond acceptors (Lipinski definition) is 1. The summed E-state index contributed by atoms with van der Waals surface area (Å²) in [5.74, 6) is 0.394. The fraction of sp³-hybridized carbons (Fsp3) is 0.391. The van der Waals surface area contributed by atoms with Crippen molar-refractivity contribution in [3.63, 3.8) is 0 Å². The molecule has 0 radical (unpaired) electrons. The van der Waals surface area contributed by atoms with Crippen LogP contribution in [0.2, 0.25) is 0 Å². The first-order chi connectivity index (χ1) is 11.1. The van der Waals surface area contributed by atoms with Crippen LogP contribution in [-0.4, -0.2) is 5.11 Å². The Bertz CT molecular complexity index is 710. The largest absolute Gasteiger partial charge is 0.508 e. The predicted molar refractivity (Wildman–Crippen MR) is 105 cm³/mol. The molecule has 1 heteroatoms. The molecule has 0 saturated carbocycles. The Kier molecular flexibility index (Phi) is 5.22. The van der Waals surface area contributed by atoms with Crippen molar-refractivity contribution in [3.8, 4) is 5.75 Å². The van der Waals surface area contributed by atoms with Gasteiger partial charge in [-0.15, -0.1) is 0 Å². The molecule has 0 saturated heterocycles. The molecule has 0 aliphatic heterocycles. The minimum absolute atomic E-state index is 0.0166. The number of phenols is 1. The van der Waals surface area contributed by atoms with Gasteiger partial charge in [-0.3, -0.25) is 0 Å². The van der Waals surface area contributed by atoms with Crippen LogP contribution in [0.5, 0.6) is 5.75 Å². The van der Waals surface area contributed by atoms with E-state index in [4.69, 9.17) is 0 Å². The number of phenolic OH excluding ortho intramolecular Hbond substituents is 1. The van der Waals surface area contributed by atoms with Crippen LogP contribution in [0.25, 0.3) is 6.08 Å². The molecule has 0 bridgehead atoms. The van der Waals surface area contributed by atoms with E-state index in [0.29, 0.717) is 5.75 Å². The summed E-state index contributed by atoms with van der Waals surface area (Å²) in [6.07, 6.45) is 5.00. The number of hydrogen-bond donors (Lipinski definition) is 1. The normalized spacial score (nSPS) is 12.8. The Morgan fingerprint density at radius 1 is 0.833 bits per heavy atom. The molecule has 0 amide bonds. The molecule has 2 aromatic rings. The van der Waals surface area contributed by atoms with Crippen LogP contribution in [0.15, 0.2) is 48.5 Å². The molecular weight excluding hydrogens is 292 g/mol. The first-order valence-electron chi connectivity index (χ1n) is 8.68. The SMILES string of the molecule is CC(C)(C)c1ccc(O)c(C/C=C/c2ccccc2)c1C(C)(C)C. The number of aromatic hydroxyl groups is 1. The first-order valence-corrected chi connectivity index (χ1v) is 8.68. The van der Waals surface area contributed by atoms with Crippen molar-refractivity contribution in [2.24, 2.45) is 0 Å². The van der Waals surface area contributed by atoms with Gasteiger partial charge in [-0.05, 0) is 40.0 Å². The zero-order chi connectivity index (χ0) is 18.0. The highest BCUT2D eigenvalue weighted by molar-refractivity contribution is 5.54. The molecule has 0 aliphatic rings. The Morgan fingerprint density at radius 3 is 2.00 bits per heavy atom. The summed E-state index contributed by atoms with van der Waals surface area (Å²) in [6.45, 7) is 13.4. The maximum atomic E-state index is 10.5. The van der Waals surface area contributed by atoms with E-state index in [2.05, 4.69) is 71.9 Å². The third-order valence-electron chi connectivity index (χ3n) is 4.28. The van der Waals surface area contributed by atoms with Crippen LogP contribution >= 0.6 is 0 Å². The summed E-state index contributed by atoms with van der Waals surface area (Å²) in [5.41, 5.74) is 4.85. The van der Waals surface area contributed by atoms with Gasteiger partial charge in [0.1, 0.15) is 5.75 Å². The van der Waals surface area contributed by atoms with Crippen molar-refractivity contribution < 1.29 is 5.11 Å². The summed E-state index contributed by atoms with van der Waals surface area (Å²) in [5, 5.41) is 10.5. The minimum atomic E-state index is -0.0166. The predicted octanol–water partition coefficient (Wildman–Crippen LogP) is 6.24. The maximum Gasteiger partial charge on any atom is 0.119 e. The summed E-state index contributed by atoms with van der Waals surface area (Å²) < 4.78 is 0. The Labute approximate surface area is 147 Å². The molecule has 0 unspecified atom stereocenters. The fourth-order valence-electron chi connectivity index (χ4n) is 3.20. The van der Waals surface area contributed by atoms with Gasteiger partial charge in [-0.25, -0.2) is 0 Å². The highest BCUT2D eigenvalue weighted by Gasteiger charge is 2.28. The molecule has 0 aromatic heterocycles. The second-order valence-electron chi connectivity index (χ2n) is 8.50. The third kappa shape index (κ3) is 4.29. The van der Waals surface area contributed by atoms with E-state index in [1.54, 1.807) is 0 Å². The lowest BCUT2D eigenvalue weighted by atomic mass is 9.72. The van der Waals surface area contributed by atoms with E-state index >= 15 is 0 Å². The van der Waals surface area contributed by atoms with Gasteiger partial charge in [0.2, 0.25) is 0 Å². The second-order valence-corrected chi connectivity index (χ2v) is 8.50. The van der Waals surface area contributed by atoms with E-state index < -0.39 is 0 Å². The van der Waals surface area contributed by atoms with Gasteiger partial charge in [-0.2, -0.15) is 0 Å². The van der Waals surface area contributed by atoms with Crippen LogP contribution in [0.1, 0.15) is 63.8 Å². The molecule has 128 valence electrons. The summed E-state index contributed by atoms with van der Waals surface area (Å²) in [4.78, 5) is 0. The van der Waals surface area contributed by atoms with Crippen LogP contribution in [-0.2, 0) is 17.3 Å². The topological polar surface area (TPSA) is 20.2 Å². The Morgan fingerprint density at radius 2 is 1.46 bits per heavy atom. The number of allylic oxidation sites excluding steroid dienone is 1. The van der Waals surface area contributed by atoms with Crippen LogP contribution in [0.4, 0.5) is 0 Å². The summed E-state index contributed by atoms with van der Waals surface area (Å²) in [6, 6.07) is 14.2. The third-order valence-corrected chi connectivity index (χ3v) is 4.28. The number of benzene rings is 2. The van der Waals surface area contributed by atoms with Gasteiger partial charge in [0.25, 0.3) is 0 Å². The quantitative estimate of drug-likeness (QED) is 0.709.